The van der Waals surface area contributed by atoms with Crippen LogP contribution in [-0.4, -0.2) is 44.0 Å². The van der Waals surface area contributed by atoms with Crippen molar-refractivity contribution >= 4 is 17.3 Å². The summed E-state index contributed by atoms with van der Waals surface area (Å²) in [5.74, 6) is -0.350. The molecule has 96 valence electrons. The van der Waals surface area contributed by atoms with Crippen molar-refractivity contribution < 1.29 is 19.4 Å². The van der Waals surface area contributed by atoms with E-state index in [0.29, 0.717) is 13.2 Å². The van der Waals surface area contributed by atoms with Gasteiger partial charge in [0.05, 0.1) is 33.0 Å². The molecule has 0 aliphatic carbocycles. The number of ether oxygens (including phenoxy) is 2. The molecule has 0 aromatic carbocycles. The van der Waals surface area contributed by atoms with Gasteiger partial charge in [-0.1, -0.05) is 6.07 Å². The van der Waals surface area contributed by atoms with Gasteiger partial charge in [0.15, 0.2) is 0 Å². The van der Waals surface area contributed by atoms with Crippen LogP contribution in [0.2, 0.25) is 0 Å². The van der Waals surface area contributed by atoms with E-state index in [1.54, 1.807) is 11.3 Å². The Labute approximate surface area is 104 Å². The highest BCUT2D eigenvalue weighted by molar-refractivity contribution is 7.09. The quantitative estimate of drug-likeness (QED) is 0.661. The minimum absolute atomic E-state index is 0.0957. The van der Waals surface area contributed by atoms with Crippen LogP contribution in [0.1, 0.15) is 4.88 Å². The van der Waals surface area contributed by atoms with E-state index in [-0.39, 0.29) is 19.1 Å². The van der Waals surface area contributed by atoms with Gasteiger partial charge in [-0.25, -0.2) is 0 Å². The molecule has 1 aromatic rings. The zero-order valence-electron chi connectivity index (χ0n) is 9.72. The number of nitrogens with one attached hydrogen (secondary N) is 1. The van der Waals surface area contributed by atoms with Crippen LogP contribution in [0.3, 0.4) is 0 Å². The Morgan fingerprint density at radius 2 is 2.47 bits per heavy atom. The molecule has 0 fully saturated rings. The maximum atomic E-state index is 10.8. The van der Waals surface area contributed by atoms with Gasteiger partial charge < -0.3 is 19.9 Å². The first kappa shape index (κ1) is 14.1. The summed E-state index contributed by atoms with van der Waals surface area (Å²) in [6.07, 6.45) is -0.625. The van der Waals surface area contributed by atoms with E-state index in [4.69, 9.17) is 4.74 Å². The summed E-state index contributed by atoms with van der Waals surface area (Å²) in [6.45, 7) is 1.15. The number of thiophene rings is 1. The molecule has 0 spiro atoms. The molecular formula is C11H17NO4S. The highest BCUT2D eigenvalue weighted by Crippen LogP contribution is 2.09. The van der Waals surface area contributed by atoms with Gasteiger partial charge in [0.1, 0.15) is 0 Å². The van der Waals surface area contributed by atoms with Crippen molar-refractivity contribution in [2.45, 2.75) is 12.7 Å². The normalized spacial score (nSPS) is 12.4. The van der Waals surface area contributed by atoms with Gasteiger partial charge in [0.25, 0.3) is 0 Å². The van der Waals surface area contributed by atoms with Gasteiger partial charge in [-0.2, -0.15) is 0 Å². The second-order valence-electron chi connectivity index (χ2n) is 3.46. The molecule has 1 rings (SSSR count). The minimum Gasteiger partial charge on any atom is -0.468 e. The maximum absolute atomic E-state index is 10.8. The lowest BCUT2D eigenvalue weighted by molar-refractivity contribution is -0.139. The van der Waals surface area contributed by atoms with Crippen molar-refractivity contribution in [3.05, 3.63) is 22.4 Å². The lowest BCUT2D eigenvalue weighted by atomic mass is 10.3. The monoisotopic (exact) mass is 259 g/mol. The molecule has 0 saturated heterocycles. The van der Waals surface area contributed by atoms with Crippen molar-refractivity contribution in [3.63, 3.8) is 0 Å². The van der Waals surface area contributed by atoms with Crippen molar-refractivity contribution in [2.75, 3.05) is 26.8 Å². The zero-order chi connectivity index (χ0) is 12.5. The molecule has 1 aromatic heterocycles. The standard InChI is InChI=1S/C11H17NO4S/c1-15-11(14)6-12-5-9(13)7-16-8-10-3-2-4-17-10/h2-4,9,12-13H,5-8H2,1H3. The maximum Gasteiger partial charge on any atom is 0.319 e. The summed E-state index contributed by atoms with van der Waals surface area (Å²) < 4.78 is 9.78. The fraction of sp³-hybridized carbons (Fsp3) is 0.545. The van der Waals surface area contributed by atoms with Gasteiger partial charge >= 0.3 is 5.97 Å². The Morgan fingerprint density at radius 3 is 3.12 bits per heavy atom. The van der Waals surface area contributed by atoms with E-state index < -0.39 is 6.10 Å². The Kier molecular flexibility index (Phi) is 6.80. The summed E-state index contributed by atoms with van der Waals surface area (Å²) >= 11 is 1.62. The molecule has 0 radical (unpaired) electrons. The Bertz CT molecular complexity index is 315. The SMILES string of the molecule is COC(=O)CNCC(O)COCc1cccs1. The van der Waals surface area contributed by atoms with Crippen molar-refractivity contribution in [1.82, 2.24) is 5.32 Å². The van der Waals surface area contributed by atoms with Gasteiger partial charge in [-0.05, 0) is 11.4 Å². The van der Waals surface area contributed by atoms with Crippen LogP contribution in [0.4, 0.5) is 0 Å². The van der Waals surface area contributed by atoms with Gasteiger partial charge in [-0.3, -0.25) is 4.79 Å². The molecule has 0 aliphatic heterocycles. The molecule has 1 atom stereocenters. The number of carbonyl (C=O) groups is 1. The number of hydrogen-bond donors (Lipinski definition) is 2. The summed E-state index contributed by atoms with van der Waals surface area (Å²) in [5, 5.41) is 14.3. The molecule has 2 N–H and O–H groups in total. The first-order valence-electron chi connectivity index (χ1n) is 5.28. The molecule has 6 heteroatoms. The Balaban J connectivity index is 2.01. The Hall–Kier alpha value is -0.950. The summed E-state index contributed by atoms with van der Waals surface area (Å²) in [7, 11) is 1.32. The second-order valence-corrected chi connectivity index (χ2v) is 4.49. The fourth-order valence-corrected chi connectivity index (χ4v) is 1.80. The largest absolute Gasteiger partial charge is 0.468 e. The zero-order valence-corrected chi connectivity index (χ0v) is 10.5. The topological polar surface area (TPSA) is 67.8 Å². The van der Waals surface area contributed by atoms with Crippen LogP contribution in [0.15, 0.2) is 17.5 Å². The van der Waals surface area contributed by atoms with Crippen LogP contribution in [0.25, 0.3) is 0 Å². The number of aliphatic hydroxyl groups excluding tert-OH is 1. The van der Waals surface area contributed by atoms with Crippen molar-refractivity contribution in [2.24, 2.45) is 0 Å². The summed E-state index contributed by atoms with van der Waals surface area (Å²) in [6, 6.07) is 3.93. The third kappa shape index (κ3) is 6.38. The molecular weight excluding hydrogens is 242 g/mol. The summed E-state index contributed by atoms with van der Waals surface area (Å²) in [5.41, 5.74) is 0. The average Bonchev–Trinajstić information content (AvgIpc) is 2.82. The Morgan fingerprint density at radius 1 is 1.65 bits per heavy atom. The molecule has 17 heavy (non-hydrogen) atoms. The number of methoxy groups -OCH3 is 1. The van der Waals surface area contributed by atoms with Gasteiger partial charge in [0.2, 0.25) is 0 Å². The molecule has 0 amide bonds. The van der Waals surface area contributed by atoms with Crippen LogP contribution in [0, 0.1) is 0 Å². The predicted molar refractivity (Wildman–Crippen MR) is 64.9 cm³/mol. The molecule has 1 heterocycles. The molecule has 5 nitrogen and oxygen atoms in total. The van der Waals surface area contributed by atoms with Crippen LogP contribution < -0.4 is 5.32 Å². The van der Waals surface area contributed by atoms with Crippen molar-refractivity contribution in [1.29, 1.82) is 0 Å². The van der Waals surface area contributed by atoms with E-state index in [2.05, 4.69) is 10.1 Å². The number of esters is 1. The lowest BCUT2D eigenvalue weighted by Gasteiger charge is -2.11. The van der Waals surface area contributed by atoms with Gasteiger partial charge in [-0.15, -0.1) is 11.3 Å². The van der Waals surface area contributed by atoms with E-state index in [1.165, 1.54) is 7.11 Å². The molecule has 0 bridgehead atoms. The third-order valence-electron chi connectivity index (χ3n) is 2.01. The first-order valence-corrected chi connectivity index (χ1v) is 6.16. The van der Waals surface area contributed by atoms with Crippen LogP contribution >= 0.6 is 11.3 Å². The fourth-order valence-electron chi connectivity index (χ4n) is 1.16. The summed E-state index contributed by atoms with van der Waals surface area (Å²) in [4.78, 5) is 11.9. The van der Waals surface area contributed by atoms with E-state index in [1.807, 2.05) is 17.5 Å². The van der Waals surface area contributed by atoms with Crippen LogP contribution in [-0.2, 0) is 20.9 Å². The van der Waals surface area contributed by atoms with E-state index >= 15 is 0 Å². The third-order valence-corrected chi connectivity index (χ3v) is 2.86. The predicted octanol–water partition coefficient (Wildman–Crippen LogP) is 0.388. The van der Waals surface area contributed by atoms with E-state index in [0.717, 1.165) is 4.88 Å². The highest BCUT2D eigenvalue weighted by Gasteiger charge is 2.06. The molecule has 0 saturated carbocycles. The second kappa shape index (κ2) is 8.19. The smallest absolute Gasteiger partial charge is 0.319 e. The molecule has 0 aliphatic rings. The number of aliphatic hydroxyl groups is 1. The highest BCUT2D eigenvalue weighted by atomic mass is 32.1. The first-order chi connectivity index (χ1) is 8.22. The number of carbonyl (C=O) groups excluding carboxylic acids is 1. The lowest BCUT2D eigenvalue weighted by Crippen LogP contribution is -2.34. The van der Waals surface area contributed by atoms with Crippen molar-refractivity contribution in [3.8, 4) is 0 Å². The average molecular weight is 259 g/mol. The van der Waals surface area contributed by atoms with Crippen LogP contribution in [0.5, 0.6) is 0 Å². The van der Waals surface area contributed by atoms with Gasteiger partial charge in [0, 0.05) is 11.4 Å². The molecule has 1 unspecified atom stereocenters. The number of rotatable bonds is 8. The number of hydrogen-bond acceptors (Lipinski definition) is 6. The minimum atomic E-state index is -0.625. The van der Waals surface area contributed by atoms with E-state index in [9.17, 15) is 9.90 Å².